The van der Waals surface area contributed by atoms with E-state index in [1.165, 1.54) is 11.1 Å². The van der Waals surface area contributed by atoms with E-state index in [0.717, 1.165) is 17.7 Å². The molecule has 0 bridgehead atoms. The Labute approximate surface area is 118 Å². The average Bonchev–Trinajstić information content (AvgIpc) is 2.54. The molecule has 2 aromatic rings. The number of hydrogen-bond acceptors (Lipinski definition) is 3. The Kier molecular flexibility index (Phi) is 3.41. The summed E-state index contributed by atoms with van der Waals surface area (Å²) < 4.78 is 11.2. The molecule has 3 heteroatoms. The van der Waals surface area contributed by atoms with Crippen LogP contribution in [0.3, 0.4) is 0 Å². The van der Waals surface area contributed by atoms with E-state index in [2.05, 4.69) is 18.2 Å². The highest BCUT2D eigenvalue weighted by Gasteiger charge is 2.22. The second-order valence-corrected chi connectivity index (χ2v) is 4.80. The smallest absolute Gasteiger partial charge is 0.119 e. The molecule has 0 aromatic heterocycles. The number of nitriles is 1. The van der Waals surface area contributed by atoms with Gasteiger partial charge in [0.05, 0.1) is 25.3 Å². The van der Waals surface area contributed by atoms with Crippen LogP contribution in [0.1, 0.15) is 28.4 Å². The zero-order valence-corrected chi connectivity index (χ0v) is 11.3. The summed E-state index contributed by atoms with van der Waals surface area (Å²) in [6, 6.07) is 15.8. The van der Waals surface area contributed by atoms with Gasteiger partial charge in [-0.25, -0.2) is 0 Å². The van der Waals surface area contributed by atoms with E-state index >= 15 is 0 Å². The van der Waals surface area contributed by atoms with E-state index in [9.17, 15) is 0 Å². The molecule has 1 atom stereocenters. The highest BCUT2D eigenvalue weighted by molar-refractivity contribution is 5.43. The first kappa shape index (κ1) is 12.7. The van der Waals surface area contributed by atoms with Crippen LogP contribution in [0, 0.1) is 11.3 Å². The molecule has 20 heavy (non-hydrogen) atoms. The molecule has 0 amide bonds. The van der Waals surface area contributed by atoms with Crippen LogP contribution < -0.4 is 4.74 Å². The van der Waals surface area contributed by atoms with Crippen molar-refractivity contribution < 1.29 is 9.47 Å². The number of fused-ring (bicyclic) bond motifs is 1. The minimum Gasteiger partial charge on any atom is -0.497 e. The second kappa shape index (κ2) is 5.36. The van der Waals surface area contributed by atoms with Gasteiger partial charge in [-0.1, -0.05) is 18.2 Å². The normalized spacial score (nSPS) is 17.1. The molecule has 1 aliphatic rings. The molecular weight excluding hydrogens is 250 g/mol. The van der Waals surface area contributed by atoms with Gasteiger partial charge in [0.15, 0.2) is 0 Å². The summed E-state index contributed by atoms with van der Waals surface area (Å²) in [6.45, 7) is 0.699. The van der Waals surface area contributed by atoms with Crippen LogP contribution in [0.2, 0.25) is 0 Å². The standard InChI is InChI=1S/C17H15NO2/c1-19-15-6-7-16-14(10-15)8-9-20-17(16)13-4-2-12(11-18)3-5-13/h2-7,10,17H,8-9H2,1H3/t17-/m0/s1. The van der Waals surface area contributed by atoms with Crippen molar-refractivity contribution in [2.45, 2.75) is 12.5 Å². The van der Waals surface area contributed by atoms with Crippen molar-refractivity contribution in [3.63, 3.8) is 0 Å². The Morgan fingerprint density at radius 1 is 1.20 bits per heavy atom. The Morgan fingerprint density at radius 2 is 2.00 bits per heavy atom. The molecule has 1 heterocycles. The number of rotatable bonds is 2. The van der Waals surface area contributed by atoms with Gasteiger partial charge in [0, 0.05) is 0 Å². The summed E-state index contributed by atoms with van der Waals surface area (Å²) in [6.07, 6.45) is 0.844. The molecule has 0 spiro atoms. The molecule has 1 aliphatic heterocycles. The summed E-state index contributed by atoms with van der Waals surface area (Å²) in [5.41, 5.74) is 4.20. The van der Waals surface area contributed by atoms with Gasteiger partial charge in [-0.3, -0.25) is 0 Å². The predicted octanol–water partition coefficient (Wildman–Crippen LogP) is 3.23. The molecular formula is C17H15NO2. The van der Waals surface area contributed by atoms with Crippen molar-refractivity contribution in [3.05, 3.63) is 64.7 Å². The predicted molar refractivity (Wildman–Crippen MR) is 75.7 cm³/mol. The van der Waals surface area contributed by atoms with Gasteiger partial charge in [-0.2, -0.15) is 5.26 Å². The fraction of sp³-hybridized carbons (Fsp3) is 0.235. The summed E-state index contributed by atoms with van der Waals surface area (Å²) in [5.74, 6) is 0.879. The van der Waals surface area contributed by atoms with E-state index < -0.39 is 0 Å². The first-order valence-corrected chi connectivity index (χ1v) is 6.60. The first-order valence-electron chi connectivity index (χ1n) is 6.60. The van der Waals surface area contributed by atoms with Crippen molar-refractivity contribution in [1.29, 1.82) is 5.26 Å². The number of hydrogen-bond donors (Lipinski definition) is 0. The Balaban J connectivity index is 1.98. The van der Waals surface area contributed by atoms with Gasteiger partial charge in [0.1, 0.15) is 11.9 Å². The lowest BCUT2D eigenvalue weighted by Gasteiger charge is -2.26. The van der Waals surface area contributed by atoms with Crippen LogP contribution in [0.25, 0.3) is 0 Å². The Morgan fingerprint density at radius 3 is 2.70 bits per heavy atom. The molecule has 0 saturated heterocycles. The summed E-state index contributed by atoms with van der Waals surface area (Å²) >= 11 is 0. The highest BCUT2D eigenvalue weighted by Crippen LogP contribution is 2.34. The zero-order valence-electron chi connectivity index (χ0n) is 11.3. The second-order valence-electron chi connectivity index (χ2n) is 4.80. The van der Waals surface area contributed by atoms with Crippen LogP contribution in [0.4, 0.5) is 0 Å². The molecule has 0 radical (unpaired) electrons. The maximum absolute atomic E-state index is 8.86. The van der Waals surface area contributed by atoms with Gasteiger partial charge in [-0.15, -0.1) is 0 Å². The minimum absolute atomic E-state index is 0.0580. The molecule has 100 valence electrons. The lowest BCUT2D eigenvalue weighted by Crippen LogP contribution is -2.17. The molecule has 0 N–H and O–H groups in total. The van der Waals surface area contributed by atoms with Gasteiger partial charge in [0.2, 0.25) is 0 Å². The number of methoxy groups -OCH3 is 1. The summed E-state index contributed by atoms with van der Waals surface area (Å²) in [7, 11) is 1.68. The quantitative estimate of drug-likeness (QED) is 0.837. The molecule has 0 unspecified atom stereocenters. The molecule has 2 aromatic carbocycles. The number of ether oxygens (including phenoxy) is 2. The fourth-order valence-corrected chi connectivity index (χ4v) is 2.57. The lowest BCUT2D eigenvalue weighted by atomic mass is 9.92. The van der Waals surface area contributed by atoms with Gasteiger partial charge < -0.3 is 9.47 Å². The third kappa shape index (κ3) is 2.26. The first-order chi connectivity index (χ1) is 9.81. The molecule has 0 aliphatic carbocycles. The fourth-order valence-electron chi connectivity index (χ4n) is 2.57. The monoisotopic (exact) mass is 265 g/mol. The van der Waals surface area contributed by atoms with Crippen LogP contribution in [0.15, 0.2) is 42.5 Å². The van der Waals surface area contributed by atoms with E-state index in [4.69, 9.17) is 14.7 Å². The maximum Gasteiger partial charge on any atom is 0.119 e. The van der Waals surface area contributed by atoms with Crippen molar-refractivity contribution >= 4 is 0 Å². The largest absolute Gasteiger partial charge is 0.497 e. The SMILES string of the molecule is COc1ccc2c(c1)CCO[C@H]2c1ccc(C#N)cc1. The van der Waals surface area contributed by atoms with E-state index in [0.29, 0.717) is 12.2 Å². The maximum atomic E-state index is 8.86. The molecule has 0 saturated carbocycles. The van der Waals surface area contributed by atoms with Crippen LogP contribution in [-0.4, -0.2) is 13.7 Å². The van der Waals surface area contributed by atoms with Gasteiger partial charge >= 0.3 is 0 Å². The zero-order chi connectivity index (χ0) is 13.9. The topological polar surface area (TPSA) is 42.2 Å². The van der Waals surface area contributed by atoms with Gasteiger partial charge in [0.25, 0.3) is 0 Å². The Bertz CT molecular complexity index is 656. The van der Waals surface area contributed by atoms with Crippen molar-refractivity contribution in [3.8, 4) is 11.8 Å². The van der Waals surface area contributed by atoms with E-state index in [-0.39, 0.29) is 6.10 Å². The summed E-state index contributed by atoms with van der Waals surface area (Å²) in [4.78, 5) is 0. The van der Waals surface area contributed by atoms with Gasteiger partial charge in [-0.05, 0) is 47.4 Å². The number of nitrogens with zero attached hydrogens (tertiary/aromatic N) is 1. The Hall–Kier alpha value is -2.31. The molecule has 0 fully saturated rings. The third-order valence-corrected chi connectivity index (χ3v) is 3.63. The highest BCUT2D eigenvalue weighted by atomic mass is 16.5. The van der Waals surface area contributed by atoms with Crippen molar-refractivity contribution in [2.75, 3.05) is 13.7 Å². The van der Waals surface area contributed by atoms with Crippen LogP contribution >= 0.6 is 0 Å². The minimum atomic E-state index is -0.0580. The van der Waals surface area contributed by atoms with E-state index in [1.807, 2.05) is 30.3 Å². The van der Waals surface area contributed by atoms with Crippen LogP contribution in [-0.2, 0) is 11.2 Å². The van der Waals surface area contributed by atoms with Crippen molar-refractivity contribution in [2.24, 2.45) is 0 Å². The van der Waals surface area contributed by atoms with E-state index in [1.54, 1.807) is 7.11 Å². The van der Waals surface area contributed by atoms with Crippen molar-refractivity contribution in [1.82, 2.24) is 0 Å². The number of benzene rings is 2. The summed E-state index contributed by atoms with van der Waals surface area (Å²) in [5, 5.41) is 8.86. The van der Waals surface area contributed by atoms with Crippen LogP contribution in [0.5, 0.6) is 5.75 Å². The molecule has 3 rings (SSSR count). The molecule has 3 nitrogen and oxygen atoms in total. The lowest BCUT2D eigenvalue weighted by molar-refractivity contribution is 0.0697. The average molecular weight is 265 g/mol. The third-order valence-electron chi connectivity index (χ3n) is 3.63.